The number of nitrogens with zero attached hydrogens (tertiary/aromatic N) is 1. The van der Waals surface area contributed by atoms with Gasteiger partial charge >= 0.3 is 5.97 Å². The summed E-state index contributed by atoms with van der Waals surface area (Å²) in [5.74, 6) is -0.150. The summed E-state index contributed by atoms with van der Waals surface area (Å²) in [6.45, 7) is 9.38. The Hall–Kier alpha value is -0.610. The number of rotatable bonds is 7. The number of carbonyl (C=O) groups is 1. The molecule has 1 heterocycles. The molecule has 20 heavy (non-hydrogen) atoms. The topological polar surface area (TPSA) is 41.6 Å². The Kier molecular flexibility index (Phi) is 7.52. The van der Waals surface area contributed by atoms with E-state index in [1.807, 2.05) is 13.8 Å². The number of likely N-dealkylation sites (tertiary alicyclic amines) is 1. The monoisotopic (exact) mass is 284 g/mol. The fourth-order valence-electron chi connectivity index (χ4n) is 3.18. The van der Waals surface area contributed by atoms with Crippen LogP contribution < -0.4 is 5.32 Å². The first kappa shape index (κ1) is 17.4. The van der Waals surface area contributed by atoms with Crippen molar-refractivity contribution in [2.75, 3.05) is 26.7 Å². The number of esters is 1. The zero-order chi connectivity index (χ0) is 15.0. The first-order valence-corrected chi connectivity index (χ1v) is 8.11. The van der Waals surface area contributed by atoms with Crippen molar-refractivity contribution in [2.45, 2.75) is 70.9 Å². The van der Waals surface area contributed by atoms with Crippen molar-refractivity contribution in [3.63, 3.8) is 0 Å². The van der Waals surface area contributed by atoms with Crippen LogP contribution >= 0.6 is 0 Å². The lowest BCUT2D eigenvalue weighted by Gasteiger charge is -2.31. The van der Waals surface area contributed by atoms with Gasteiger partial charge in [-0.25, -0.2) is 0 Å². The quantitative estimate of drug-likeness (QED) is 0.730. The molecule has 1 aliphatic heterocycles. The molecular formula is C16H32N2O2. The zero-order valence-electron chi connectivity index (χ0n) is 13.7. The summed E-state index contributed by atoms with van der Waals surface area (Å²) in [7, 11) is 1.47. The van der Waals surface area contributed by atoms with E-state index in [2.05, 4.69) is 17.1 Å². The second kappa shape index (κ2) is 8.63. The lowest BCUT2D eigenvalue weighted by atomic mass is 9.95. The fourth-order valence-corrected chi connectivity index (χ4v) is 3.18. The molecule has 0 bridgehead atoms. The summed E-state index contributed by atoms with van der Waals surface area (Å²) in [6, 6.07) is 0.681. The highest BCUT2D eigenvalue weighted by molar-refractivity contribution is 5.80. The average Bonchev–Trinajstić information content (AvgIpc) is 2.63. The molecule has 4 heteroatoms. The number of nitrogens with one attached hydrogen (secondary N) is 1. The molecule has 1 aliphatic rings. The van der Waals surface area contributed by atoms with Crippen molar-refractivity contribution in [3.8, 4) is 0 Å². The summed E-state index contributed by atoms with van der Waals surface area (Å²) in [5, 5.41) is 3.28. The van der Waals surface area contributed by atoms with Crippen molar-refractivity contribution in [3.05, 3.63) is 0 Å². The predicted molar refractivity (Wildman–Crippen MR) is 82.8 cm³/mol. The van der Waals surface area contributed by atoms with Crippen LogP contribution in [-0.2, 0) is 9.53 Å². The highest BCUT2D eigenvalue weighted by atomic mass is 16.5. The van der Waals surface area contributed by atoms with Crippen LogP contribution in [0, 0.1) is 0 Å². The van der Waals surface area contributed by atoms with Gasteiger partial charge in [-0.3, -0.25) is 4.79 Å². The molecular weight excluding hydrogens is 252 g/mol. The van der Waals surface area contributed by atoms with Gasteiger partial charge in [0.1, 0.15) is 5.54 Å². The van der Waals surface area contributed by atoms with Gasteiger partial charge in [-0.05, 0) is 59.2 Å². The number of likely N-dealkylation sites (N-methyl/N-ethyl adjacent to an activating group) is 1. The van der Waals surface area contributed by atoms with Crippen LogP contribution in [0.2, 0.25) is 0 Å². The van der Waals surface area contributed by atoms with Crippen LogP contribution in [0.25, 0.3) is 0 Å². The van der Waals surface area contributed by atoms with E-state index in [9.17, 15) is 4.79 Å². The normalized spacial score (nSPS) is 23.9. The van der Waals surface area contributed by atoms with E-state index in [0.29, 0.717) is 6.04 Å². The van der Waals surface area contributed by atoms with Gasteiger partial charge in [-0.1, -0.05) is 19.8 Å². The highest BCUT2D eigenvalue weighted by Gasteiger charge is 2.33. The van der Waals surface area contributed by atoms with Crippen LogP contribution in [0.5, 0.6) is 0 Å². The summed E-state index contributed by atoms with van der Waals surface area (Å²) < 4.78 is 4.94. The number of carbonyl (C=O) groups excluding carboxylic acids is 1. The van der Waals surface area contributed by atoms with Crippen molar-refractivity contribution >= 4 is 5.97 Å². The molecule has 1 N–H and O–H groups in total. The molecule has 0 amide bonds. The number of hydrogen-bond donors (Lipinski definition) is 1. The van der Waals surface area contributed by atoms with Gasteiger partial charge in [-0.2, -0.15) is 0 Å². The Labute approximate surface area is 124 Å². The average molecular weight is 284 g/mol. The standard InChI is InChI=1S/C16H32N2O2/c1-5-17-16(3,15(19)20-4)11-9-13-18-12-8-6-7-10-14(18)2/h14,17H,5-13H2,1-4H3. The maximum Gasteiger partial charge on any atom is 0.325 e. The molecule has 0 aromatic heterocycles. The van der Waals surface area contributed by atoms with Crippen LogP contribution in [0.3, 0.4) is 0 Å². The molecule has 1 saturated heterocycles. The third-order valence-electron chi connectivity index (χ3n) is 4.52. The Bertz CT molecular complexity index is 296. The molecule has 1 rings (SSSR count). The molecule has 118 valence electrons. The lowest BCUT2D eigenvalue weighted by Crippen LogP contribution is -2.50. The minimum Gasteiger partial charge on any atom is -0.468 e. The van der Waals surface area contributed by atoms with E-state index in [-0.39, 0.29) is 5.97 Å². The Morgan fingerprint density at radius 3 is 2.80 bits per heavy atom. The van der Waals surface area contributed by atoms with E-state index in [1.54, 1.807) is 0 Å². The molecule has 2 unspecified atom stereocenters. The van der Waals surface area contributed by atoms with E-state index in [0.717, 1.165) is 25.9 Å². The third-order valence-corrected chi connectivity index (χ3v) is 4.52. The highest BCUT2D eigenvalue weighted by Crippen LogP contribution is 2.19. The Morgan fingerprint density at radius 1 is 1.40 bits per heavy atom. The summed E-state index contributed by atoms with van der Waals surface area (Å²) in [5.41, 5.74) is -0.543. The second-order valence-corrected chi connectivity index (χ2v) is 6.19. The van der Waals surface area contributed by atoms with Crippen molar-refractivity contribution in [1.29, 1.82) is 0 Å². The van der Waals surface area contributed by atoms with Gasteiger partial charge in [0.15, 0.2) is 0 Å². The van der Waals surface area contributed by atoms with Crippen molar-refractivity contribution < 1.29 is 9.53 Å². The summed E-state index contributed by atoms with van der Waals surface area (Å²) in [6.07, 6.45) is 7.19. The SMILES string of the molecule is CCNC(C)(CCCN1CCCCCC1C)C(=O)OC. The molecule has 0 aromatic carbocycles. The van der Waals surface area contributed by atoms with E-state index in [4.69, 9.17) is 4.74 Å². The maximum absolute atomic E-state index is 11.9. The van der Waals surface area contributed by atoms with Crippen molar-refractivity contribution in [1.82, 2.24) is 10.2 Å². The fraction of sp³-hybridized carbons (Fsp3) is 0.938. The van der Waals surface area contributed by atoms with E-state index < -0.39 is 5.54 Å². The summed E-state index contributed by atoms with van der Waals surface area (Å²) in [4.78, 5) is 14.5. The molecule has 1 fully saturated rings. The molecule has 4 nitrogen and oxygen atoms in total. The number of hydrogen-bond acceptors (Lipinski definition) is 4. The molecule has 0 radical (unpaired) electrons. The first-order chi connectivity index (χ1) is 9.53. The molecule has 2 atom stereocenters. The van der Waals surface area contributed by atoms with Gasteiger partial charge < -0.3 is 15.0 Å². The van der Waals surface area contributed by atoms with Crippen LogP contribution in [0.4, 0.5) is 0 Å². The third kappa shape index (κ3) is 5.06. The van der Waals surface area contributed by atoms with Gasteiger partial charge in [0.05, 0.1) is 7.11 Å². The van der Waals surface area contributed by atoms with E-state index in [1.165, 1.54) is 39.3 Å². The minimum atomic E-state index is -0.543. The molecule has 0 aromatic rings. The lowest BCUT2D eigenvalue weighted by molar-refractivity contribution is -0.148. The smallest absolute Gasteiger partial charge is 0.325 e. The number of methoxy groups -OCH3 is 1. The van der Waals surface area contributed by atoms with Gasteiger partial charge in [0, 0.05) is 6.04 Å². The second-order valence-electron chi connectivity index (χ2n) is 6.19. The van der Waals surface area contributed by atoms with Gasteiger partial charge in [-0.15, -0.1) is 0 Å². The largest absolute Gasteiger partial charge is 0.468 e. The molecule has 0 aliphatic carbocycles. The van der Waals surface area contributed by atoms with Crippen LogP contribution in [0.15, 0.2) is 0 Å². The Balaban J connectivity index is 2.45. The first-order valence-electron chi connectivity index (χ1n) is 8.11. The predicted octanol–water partition coefficient (Wildman–Crippen LogP) is 2.57. The van der Waals surface area contributed by atoms with E-state index >= 15 is 0 Å². The molecule has 0 saturated carbocycles. The van der Waals surface area contributed by atoms with Crippen LogP contribution in [0.1, 0.15) is 59.3 Å². The van der Waals surface area contributed by atoms with Crippen molar-refractivity contribution in [2.24, 2.45) is 0 Å². The maximum atomic E-state index is 11.9. The van der Waals surface area contributed by atoms with Gasteiger partial charge in [0.2, 0.25) is 0 Å². The molecule has 0 spiro atoms. The minimum absolute atomic E-state index is 0.150. The summed E-state index contributed by atoms with van der Waals surface area (Å²) >= 11 is 0. The van der Waals surface area contributed by atoms with Gasteiger partial charge in [0.25, 0.3) is 0 Å². The Morgan fingerprint density at radius 2 is 2.15 bits per heavy atom. The number of ether oxygens (including phenoxy) is 1. The zero-order valence-corrected chi connectivity index (χ0v) is 13.7. The van der Waals surface area contributed by atoms with Crippen LogP contribution in [-0.4, -0.2) is 49.2 Å².